The number of benzene rings is 2. The van der Waals surface area contributed by atoms with Gasteiger partial charge in [-0.3, -0.25) is 24.0 Å². The molecule has 2 aromatic rings. The van der Waals surface area contributed by atoms with Gasteiger partial charge in [-0.25, -0.2) is 4.79 Å². The third-order valence-corrected chi connectivity index (χ3v) is 10.3. The van der Waals surface area contributed by atoms with Crippen LogP contribution in [0.2, 0.25) is 5.02 Å². The highest BCUT2D eigenvalue weighted by Crippen LogP contribution is 2.31. The van der Waals surface area contributed by atoms with Gasteiger partial charge in [-0.2, -0.15) is 0 Å². The number of rotatable bonds is 6. The van der Waals surface area contributed by atoms with Crippen molar-refractivity contribution >= 4 is 52.8 Å². The summed E-state index contributed by atoms with van der Waals surface area (Å²) in [6.07, 6.45) is 7.33. The van der Waals surface area contributed by atoms with Crippen molar-refractivity contribution in [3.8, 4) is 0 Å². The van der Waals surface area contributed by atoms with Gasteiger partial charge in [0.05, 0.1) is 12.6 Å². The zero-order chi connectivity index (χ0) is 39.5. The lowest BCUT2D eigenvalue weighted by atomic mass is 9.80. The van der Waals surface area contributed by atoms with E-state index in [0.29, 0.717) is 23.6 Å². The van der Waals surface area contributed by atoms with E-state index < -0.39 is 59.4 Å². The van der Waals surface area contributed by atoms with Crippen molar-refractivity contribution in [2.45, 2.75) is 102 Å². The van der Waals surface area contributed by atoms with Gasteiger partial charge in [0.25, 0.3) is 5.91 Å². The summed E-state index contributed by atoms with van der Waals surface area (Å²) in [6.45, 7) is 5.94. The SMILES string of the molecule is CC(C)(C)OC(=O)NC1CC/C=C\CCNC(=O)[C@@H](Cc2ccccc2)NC(=O)C(=O)C(CC2CCC2)NC(=O)[C@@H]2CN(CCN2c2ccc(Cl)cc2)C1=O. The number of fused-ring (bicyclic) bond motifs is 2. The Morgan fingerprint density at radius 2 is 1.58 bits per heavy atom. The van der Waals surface area contributed by atoms with Crippen molar-refractivity contribution in [2.75, 3.05) is 31.1 Å². The molecule has 0 spiro atoms. The molecule has 55 heavy (non-hydrogen) atoms. The number of piperazine rings is 1. The molecule has 1 saturated heterocycles. The van der Waals surface area contributed by atoms with E-state index in [1.54, 1.807) is 49.9 Å². The number of anilines is 1. The lowest BCUT2D eigenvalue weighted by molar-refractivity contribution is -0.142. The molecule has 2 aromatic carbocycles. The Labute approximate surface area is 327 Å². The molecule has 4 atom stereocenters. The van der Waals surface area contributed by atoms with Gasteiger partial charge >= 0.3 is 6.09 Å². The Morgan fingerprint density at radius 1 is 0.873 bits per heavy atom. The number of carbonyl (C=O) groups excluding carboxylic acids is 6. The standard InChI is InChI=1S/C41H53ClN6O7/c1-41(2,3)55-40(54)46-31-16-9-4-5-10-21-43-36(50)33(25-27-12-7-6-8-13-27)45-38(52)35(49)32(24-28-14-11-15-28)44-37(51)34-26-47(39(31)53)22-23-48(34)30-19-17-29(42)18-20-30/h4-8,12-13,17-20,28,31-34H,9-11,14-16,21-26H2,1-3H3,(H,43,50)(H,44,51)(H,45,52)(H,46,54)/b5-4-/t31?,32?,33-,34+/m1/s1. The molecule has 2 aliphatic heterocycles. The smallest absolute Gasteiger partial charge is 0.408 e. The first-order valence-electron chi connectivity index (χ1n) is 19.2. The second-order valence-electron chi connectivity index (χ2n) is 15.5. The molecule has 0 radical (unpaired) electrons. The first-order valence-corrected chi connectivity index (χ1v) is 19.6. The molecule has 3 aliphatic rings. The van der Waals surface area contributed by atoms with Gasteiger partial charge in [-0.1, -0.05) is 73.3 Å². The molecule has 2 unspecified atom stereocenters. The van der Waals surface area contributed by atoms with Gasteiger partial charge in [-0.15, -0.1) is 0 Å². The molecular formula is C41H53ClN6O7. The number of nitrogens with one attached hydrogen (secondary N) is 4. The van der Waals surface area contributed by atoms with Crippen LogP contribution in [0.1, 0.15) is 71.3 Å². The van der Waals surface area contributed by atoms with Crippen LogP contribution in [-0.4, -0.2) is 96.4 Å². The van der Waals surface area contributed by atoms with Crippen LogP contribution in [0, 0.1) is 5.92 Å². The summed E-state index contributed by atoms with van der Waals surface area (Å²) in [4.78, 5) is 86.1. The molecule has 14 heteroatoms. The second kappa shape index (κ2) is 19.1. The zero-order valence-corrected chi connectivity index (χ0v) is 32.6. The molecule has 4 N–H and O–H groups in total. The quantitative estimate of drug-likeness (QED) is 0.252. The number of ketones is 1. The van der Waals surface area contributed by atoms with E-state index in [0.717, 1.165) is 24.8 Å². The average molecular weight is 777 g/mol. The molecule has 0 aromatic heterocycles. The highest BCUT2D eigenvalue weighted by atomic mass is 35.5. The van der Waals surface area contributed by atoms with Crippen LogP contribution in [0.5, 0.6) is 0 Å². The third-order valence-electron chi connectivity index (χ3n) is 10.1. The Hall–Kier alpha value is -4.91. The van der Waals surface area contributed by atoms with Crippen LogP contribution < -0.4 is 26.2 Å². The Balaban J connectivity index is 1.47. The maximum Gasteiger partial charge on any atom is 0.408 e. The van der Waals surface area contributed by atoms with Gasteiger partial charge in [0.15, 0.2) is 0 Å². The van der Waals surface area contributed by atoms with E-state index in [2.05, 4.69) is 21.3 Å². The molecule has 13 nitrogen and oxygen atoms in total. The van der Waals surface area contributed by atoms with E-state index in [9.17, 15) is 28.8 Å². The minimum Gasteiger partial charge on any atom is -0.444 e. The van der Waals surface area contributed by atoms with Crippen molar-refractivity contribution in [1.29, 1.82) is 0 Å². The lowest BCUT2D eigenvalue weighted by Gasteiger charge is -2.43. The summed E-state index contributed by atoms with van der Waals surface area (Å²) in [6, 6.07) is 12.1. The fraction of sp³-hybridized carbons (Fsp3) is 0.512. The summed E-state index contributed by atoms with van der Waals surface area (Å²) in [5.74, 6) is -3.01. The number of ether oxygens (including phenoxy) is 1. The topological polar surface area (TPSA) is 166 Å². The molecule has 1 saturated carbocycles. The summed E-state index contributed by atoms with van der Waals surface area (Å²) in [5.41, 5.74) is 0.703. The van der Waals surface area contributed by atoms with Crippen molar-refractivity contribution in [3.63, 3.8) is 0 Å². The number of hydrogen-bond acceptors (Lipinski definition) is 8. The highest BCUT2D eigenvalue weighted by molar-refractivity contribution is 6.38. The van der Waals surface area contributed by atoms with E-state index in [1.807, 2.05) is 47.4 Å². The minimum absolute atomic E-state index is 0.0501. The van der Waals surface area contributed by atoms with Crippen LogP contribution in [0.15, 0.2) is 66.7 Å². The molecule has 5 rings (SSSR count). The normalized spacial score (nSPS) is 24.5. The third kappa shape index (κ3) is 12.0. The highest BCUT2D eigenvalue weighted by Gasteiger charge is 2.40. The fourth-order valence-electron chi connectivity index (χ4n) is 6.99. The van der Waals surface area contributed by atoms with E-state index >= 15 is 0 Å². The maximum absolute atomic E-state index is 14.4. The van der Waals surface area contributed by atoms with Crippen LogP contribution >= 0.6 is 11.6 Å². The predicted molar refractivity (Wildman–Crippen MR) is 209 cm³/mol. The largest absolute Gasteiger partial charge is 0.444 e. The Kier molecular flexibility index (Phi) is 14.3. The van der Waals surface area contributed by atoms with Crippen molar-refractivity contribution in [1.82, 2.24) is 26.2 Å². The molecule has 2 heterocycles. The van der Waals surface area contributed by atoms with Crippen LogP contribution in [-0.2, 0) is 35.1 Å². The van der Waals surface area contributed by atoms with Crippen molar-refractivity contribution < 1.29 is 33.5 Å². The average Bonchev–Trinajstić information content (AvgIpc) is 3.13. The number of amides is 5. The van der Waals surface area contributed by atoms with Crippen molar-refractivity contribution in [3.05, 3.63) is 77.3 Å². The monoisotopic (exact) mass is 776 g/mol. The van der Waals surface area contributed by atoms with Crippen LogP contribution in [0.3, 0.4) is 0 Å². The zero-order valence-electron chi connectivity index (χ0n) is 31.9. The number of nitrogens with zero attached hydrogens (tertiary/aromatic N) is 2. The number of carbonyl (C=O) groups is 6. The van der Waals surface area contributed by atoms with Gasteiger partial charge in [0, 0.05) is 36.8 Å². The van der Waals surface area contributed by atoms with Gasteiger partial charge in [-0.05, 0) is 82.2 Å². The number of Topliss-reactive ketones (excluding diaryl/α,β-unsaturated/α-hetero) is 1. The number of alkyl carbamates (subject to hydrolysis) is 1. The Bertz CT molecular complexity index is 1710. The molecule has 1 aliphatic carbocycles. The molecule has 5 amide bonds. The summed E-state index contributed by atoms with van der Waals surface area (Å²) in [7, 11) is 0. The molecular weight excluding hydrogens is 724 g/mol. The van der Waals surface area contributed by atoms with E-state index in [-0.39, 0.29) is 57.3 Å². The van der Waals surface area contributed by atoms with Gasteiger partial charge < -0.3 is 35.8 Å². The van der Waals surface area contributed by atoms with Crippen molar-refractivity contribution in [2.24, 2.45) is 5.92 Å². The first-order chi connectivity index (χ1) is 26.3. The maximum atomic E-state index is 14.4. The molecule has 296 valence electrons. The molecule has 2 fully saturated rings. The summed E-state index contributed by atoms with van der Waals surface area (Å²) < 4.78 is 5.49. The fourth-order valence-corrected chi connectivity index (χ4v) is 7.11. The van der Waals surface area contributed by atoms with Crippen LogP contribution in [0.4, 0.5) is 10.5 Å². The van der Waals surface area contributed by atoms with Gasteiger partial charge in [0.1, 0.15) is 23.7 Å². The number of hydrogen-bond donors (Lipinski definition) is 4. The van der Waals surface area contributed by atoms with E-state index in [1.165, 1.54) is 0 Å². The number of halogens is 1. The summed E-state index contributed by atoms with van der Waals surface area (Å²) >= 11 is 6.20. The first kappa shape index (κ1) is 41.3. The molecule has 2 bridgehead atoms. The summed E-state index contributed by atoms with van der Waals surface area (Å²) in [5, 5.41) is 11.7. The van der Waals surface area contributed by atoms with E-state index in [4.69, 9.17) is 16.3 Å². The number of allylic oxidation sites excluding steroid dienone is 1. The Morgan fingerprint density at radius 3 is 2.25 bits per heavy atom. The van der Waals surface area contributed by atoms with Crippen LogP contribution in [0.25, 0.3) is 0 Å². The second-order valence-corrected chi connectivity index (χ2v) is 15.9. The minimum atomic E-state index is -1.16. The lowest BCUT2D eigenvalue weighted by Crippen LogP contribution is -2.64. The van der Waals surface area contributed by atoms with Gasteiger partial charge in [0.2, 0.25) is 23.5 Å². The predicted octanol–water partition coefficient (Wildman–Crippen LogP) is 4.08.